The number of aryl methyl sites for hydroxylation is 1. The largest absolute Gasteiger partial charge is 0.760 e. The fourth-order valence-electron chi connectivity index (χ4n) is 2.82. The molecule has 2 aromatic rings. The summed E-state index contributed by atoms with van der Waals surface area (Å²) in [7, 11) is 0. The number of rotatable bonds is 14. The van der Waals surface area contributed by atoms with Crippen molar-refractivity contribution >= 4 is 40.8 Å². The molecule has 5 N–H and O–H groups in total. The quantitative estimate of drug-likeness (QED) is 0.235. The zero-order valence-electron chi connectivity index (χ0n) is 17.9. The first-order valence-electron chi connectivity index (χ1n) is 10.1. The Kier molecular flexibility index (Phi) is 10.1. The van der Waals surface area contributed by atoms with Gasteiger partial charge in [0.2, 0.25) is 11.9 Å². The summed E-state index contributed by atoms with van der Waals surface area (Å²) in [6.07, 6.45) is 2.19. The highest BCUT2D eigenvalue weighted by atomic mass is 32.2. The van der Waals surface area contributed by atoms with Crippen LogP contribution in [0.1, 0.15) is 46.3 Å². The van der Waals surface area contributed by atoms with Crippen LogP contribution in [0.4, 0.5) is 17.6 Å². The lowest BCUT2D eigenvalue weighted by atomic mass is 10.1. The molecular formula is C19H25N6O7S-. The molecule has 14 heteroatoms. The van der Waals surface area contributed by atoms with Crippen LogP contribution in [0.25, 0.3) is 0 Å². The van der Waals surface area contributed by atoms with Crippen LogP contribution in [-0.4, -0.2) is 77.2 Å². The Morgan fingerprint density at radius 3 is 2.30 bits per heavy atom. The minimum absolute atomic E-state index is 0.0493. The number of hydrogen-bond donors (Lipinski definition) is 5. The number of aromatic carboxylic acids is 2. The minimum Gasteiger partial charge on any atom is -0.760 e. The maximum absolute atomic E-state index is 11.4. The molecule has 1 unspecified atom stereocenters. The molecule has 1 heterocycles. The highest BCUT2D eigenvalue weighted by Gasteiger charge is 2.16. The number of hydrogen-bond acceptors (Lipinski definition) is 10. The van der Waals surface area contributed by atoms with Crippen molar-refractivity contribution in [3.05, 3.63) is 35.2 Å². The fraction of sp³-hybridized carbons (Fsp3) is 0.421. The first-order valence-corrected chi connectivity index (χ1v) is 11.1. The van der Waals surface area contributed by atoms with E-state index in [2.05, 4.69) is 25.0 Å². The van der Waals surface area contributed by atoms with Crippen LogP contribution in [0.5, 0.6) is 0 Å². The number of benzene rings is 1. The predicted octanol–water partition coefficient (Wildman–Crippen LogP) is 0.537. The highest BCUT2D eigenvalue weighted by molar-refractivity contribution is 7.77. The lowest BCUT2D eigenvalue weighted by molar-refractivity contribution is 0.0696. The van der Waals surface area contributed by atoms with Crippen molar-refractivity contribution in [1.29, 1.82) is 0 Å². The van der Waals surface area contributed by atoms with Gasteiger partial charge >= 0.3 is 11.9 Å². The second kappa shape index (κ2) is 12.7. The number of aliphatic hydroxyl groups is 1. The topological polar surface area (TPSA) is 201 Å². The van der Waals surface area contributed by atoms with Crippen molar-refractivity contribution in [2.45, 2.75) is 26.2 Å². The number of anilines is 3. The molecule has 180 valence electrons. The molecule has 0 bridgehead atoms. The summed E-state index contributed by atoms with van der Waals surface area (Å²) < 4.78 is 23.7. The standard InChI is InChI=1S/C19H26N6O7S/c1-2-3-4-15-22-18(21-14-10-12(16(27)28)9-13(11-14)17(29)30)24-19(23-15)25(7-8-26)6-5-20-33(31)32/h9-11,20,26H,2-8H2,1H3,(H,27,28)(H,29,30)(H,31,32)(H,21,22,23,24)/p-1. The van der Waals surface area contributed by atoms with Crippen LogP contribution in [-0.2, 0) is 17.7 Å². The zero-order chi connectivity index (χ0) is 24.4. The van der Waals surface area contributed by atoms with E-state index in [-0.39, 0.29) is 55.0 Å². The van der Waals surface area contributed by atoms with Gasteiger partial charge in [0.25, 0.3) is 0 Å². The van der Waals surface area contributed by atoms with Crippen LogP contribution < -0.4 is 14.9 Å². The maximum atomic E-state index is 11.4. The number of nitrogens with one attached hydrogen (secondary N) is 2. The smallest absolute Gasteiger partial charge is 0.335 e. The molecule has 0 saturated heterocycles. The Morgan fingerprint density at radius 2 is 1.76 bits per heavy atom. The van der Waals surface area contributed by atoms with Crippen molar-refractivity contribution in [3.8, 4) is 0 Å². The van der Waals surface area contributed by atoms with Gasteiger partial charge in [-0.3, -0.25) is 4.21 Å². The van der Waals surface area contributed by atoms with E-state index in [4.69, 9.17) is 0 Å². The lowest BCUT2D eigenvalue weighted by Gasteiger charge is -2.23. The Labute approximate surface area is 192 Å². The minimum atomic E-state index is -2.44. The third-order valence-corrected chi connectivity index (χ3v) is 4.80. The van der Waals surface area contributed by atoms with Gasteiger partial charge < -0.3 is 30.1 Å². The van der Waals surface area contributed by atoms with Crippen LogP contribution in [0, 0.1) is 0 Å². The van der Waals surface area contributed by atoms with Gasteiger partial charge in [0, 0.05) is 43.0 Å². The van der Waals surface area contributed by atoms with Crippen molar-refractivity contribution in [3.63, 3.8) is 0 Å². The predicted molar refractivity (Wildman–Crippen MR) is 118 cm³/mol. The van der Waals surface area contributed by atoms with Crippen LogP contribution >= 0.6 is 0 Å². The van der Waals surface area contributed by atoms with E-state index in [0.29, 0.717) is 12.2 Å². The fourth-order valence-corrected chi connectivity index (χ4v) is 3.08. The number of aliphatic hydroxyl groups excluding tert-OH is 1. The van der Waals surface area contributed by atoms with Gasteiger partial charge in [-0.1, -0.05) is 13.3 Å². The van der Waals surface area contributed by atoms with Crippen LogP contribution in [0.15, 0.2) is 18.2 Å². The van der Waals surface area contributed by atoms with E-state index in [1.54, 1.807) is 4.90 Å². The average molecular weight is 482 g/mol. The zero-order valence-corrected chi connectivity index (χ0v) is 18.7. The third kappa shape index (κ3) is 8.34. The Balaban J connectivity index is 2.42. The van der Waals surface area contributed by atoms with Crippen molar-refractivity contribution in [2.24, 2.45) is 0 Å². The molecular weight excluding hydrogens is 456 g/mol. The second-order valence-corrected chi connectivity index (χ2v) is 7.61. The van der Waals surface area contributed by atoms with Gasteiger partial charge in [-0.25, -0.2) is 14.3 Å². The Morgan fingerprint density at radius 1 is 1.09 bits per heavy atom. The first kappa shape index (κ1) is 26.1. The number of carbonyl (C=O) groups is 2. The molecule has 2 rings (SSSR count). The van der Waals surface area contributed by atoms with Gasteiger partial charge in [0.05, 0.1) is 17.7 Å². The number of carboxylic acid groups (broad SMARTS) is 2. The molecule has 1 aromatic carbocycles. The molecule has 0 aliphatic heterocycles. The first-order chi connectivity index (χ1) is 15.7. The number of carboxylic acids is 2. The number of unbranched alkanes of at least 4 members (excludes halogenated alkanes) is 1. The highest BCUT2D eigenvalue weighted by Crippen LogP contribution is 2.20. The van der Waals surface area contributed by atoms with E-state index in [9.17, 15) is 33.7 Å². The van der Waals surface area contributed by atoms with E-state index in [0.717, 1.165) is 18.9 Å². The van der Waals surface area contributed by atoms with Gasteiger partial charge in [0.1, 0.15) is 5.82 Å². The summed E-state index contributed by atoms with van der Waals surface area (Å²) in [4.78, 5) is 37.4. The Bertz CT molecular complexity index is 974. The van der Waals surface area contributed by atoms with Gasteiger partial charge in [-0.15, -0.1) is 0 Å². The molecule has 0 aliphatic carbocycles. The summed E-state index contributed by atoms with van der Waals surface area (Å²) in [5.41, 5.74) is -0.295. The summed E-state index contributed by atoms with van der Waals surface area (Å²) in [5, 5.41) is 30.8. The van der Waals surface area contributed by atoms with Crippen LogP contribution in [0.3, 0.4) is 0 Å². The van der Waals surface area contributed by atoms with Gasteiger partial charge in [0.15, 0.2) is 0 Å². The maximum Gasteiger partial charge on any atom is 0.335 e. The van der Waals surface area contributed by atoms with Gasteiger partial charge in [-0.05, 0) is 24.6 Å². The lowest BCUT2D eigenvalue weighted by Crippen LogP contribution is -2.36. The third-order valence-electron chi connectivity index (χ3n) is 4.36. The molecule has 1 aromatic heterocycles. The number of aromatic nitrogens is 3. The van der Waals surface area contributed by atoms with E-state index in [1.165, 1.54) is 12.1 Å². The molecule has 13 nitrogen and oxygen atoms in total. The second-order valence-electron chi connectivity index (χ2n) is 6.85. The molecule has 0 fully saturated rings. The summed E-state index contributed by atoms with van der Waals surface area (Å²) in [6.45, 7) is 2.11. The molecule has 33 heavy (non-hydrogen) atoms. The molecule has 0 radical (unpaired) electrons. The average Bonchev–Trinajstić information content (AvgIpc) is 2.76. The SMILES string of the molecule is CCCCc1nc(Nc2cc(C(=O)O)cc(C(=O)O)c2)nc(N(CCO)CCNS(=O)[O-])n1. The number of nitrogens with zero attached hydrogens (tertiary/aromatic N) is 4. The van der Waals surface area contributed by atoms with Crippen LogP contribution in [0.2, 0.25) is 0 Å². The van der Waals surface area contributed by atoms with E-state index < -0.39 is 23.2 Å². The van der Waals surface area contributed by atoms with E-state index >= 15 is 0 Å². The summed E-state index contributed by atoms with van der Waals surface area (Å²) in [6, 6.07) is 3.54. The summed E-state index contributed by atoms with van der Waals surface area (Å²) in [5.74, 6) is -1.93. The summed E-state index contributed by atoms with van der Waals surface area (Å²) >= 11 is -2.44. The normalized spacial score (nSPS) is 11.7. The van der Waals surface area contributed by atoms with Crippen molar-refractivity contribution in [1.82, 2.24) is 19.7 Å². The molecule has 0 aliphatic rings. The van der Waals surface area contributed by atoms with E-state index in [1.807, 2.05) is 6.92 Å². The van der Waals surface area contributed by atoms with Crippen molar-refractivity contribution in [2.75, 3.05) is 36.5 Å². The molecule has 0 spiro atoms. The van der Waals surface area contributed by atoms with Crippen molar-refractivity contribution < 1.29 is 33.7 Å². The molecule has 1 atom stereocenters. The Hall–Kier alpha value is -3.20. The monoisotopic (exact) mass is 481 g/mol. The molecule has 0 saturated carbocycles. The molecule has 0 amide bonds. The van der Waals surface area contributed by atoms with Gasteiger partial charge in [-0.2, -0.15) is 15.0 Å².